The van der Waals surface area contributed by atoms with Gasteiger partial charge in [0.1, 0.15) is 11.5 Å². The highest BCUT2D eigenvalue weighted by Crippen LogP contribution is 2.17. The molecule has 0 aliphatic carbocycles. The molecule has 0 radical (unpaired) electrons. The number of para-hydroxylation sites is 1. The van der Waals surface area contributed by atoms with Gasteiger partial charge in [-0.2, -0.15) is 5.10 Å². The van der Waals surface area contributed by atoms with Gasteiger partial charge in [0, 0.05) is 18.0 Å². The Hall–Kier alpha value is -1.68. The van der Waals surface area contributed by atoms with Crippen molar-refractivity contribution in [3.63, 3.8) is 0 Å². The molecule has 14 heavy (non-hydrogen) atoms. The van der Waals surface area contributed by atoms with Crippen LogP contribution in [0, 0.1) is 5.82 Å². The van der Waals surface area contributed by atoms with Gasteiger partial charge in [-0.15, -0.1) is 0 Å². The van der Waals surface area contributed by atoms with E-state index in [1.54, 1.807) is 30.6 Å². The fourth-order valence-electron chi connectivity index (χ4n) is 1.35. The van der Waals surface area contributed by atoms with Crippen LogP contribution in [0.25, 0.3) is 5.69 Å². The van der Waals surface area contributed by atoms with Crippen molar-refractivity contribution in [3.05, 3.63) is 48.0 Å². The summed E-state index contributed by atoms with van der Waals surface area (Å²) in [6.45, 7) is -0.201. The number of aliphatic hydroxyl groups excluding tert-OH is 1. The third kappa shape index (κ3) is 1.40. The van der Waals surface area contributed by atoms with Crippen molar-refractivity contribution in [2.24, 2.45) is 0 Å². The summed E-state index contributed by atoms with van der Waals surface area (Å²) in [6.07, 6.45) is 3.20. The van der Waals surface area contributed by atoms with Gasteiger partial charge < -0.3 is 5.11 Å². The molecule has 2 aromatic rings. The Morgan fingerprint density at radius 1 is 1.36 bits per heavy atom. The molecular weight excluding hydrogens is 183 g/mol. The zero-order chi connectivity index (χ0) is 9.97. The lowest BCUT2D eigenvalue weighted by molar-refractivity contribution is 0.280. The van der Waals surface area contributed by atoms with Crippen molar-refractivity contribution in [1.29, 1.82) is 0 Å². The van der Waals surface area contributed by atoms with Crippen molar-refractivity contribution < 1.29 is 9.50 Å². The van der Waals surface area contributed by atoms with Crippen molar-refractivity contribution >= 4 is 0 Å². The van der Waals surface area contributed by atoms with Gasteiger partial charge in [0.05, 0.1) is 6.61 Å². The molecule has 4 heteroatoms. The molecule has 1 heterocycles. The molecule has 0 amide bonds. The van der Waals surface area contributed by atoms with Crippen molar-refractivity contribution in [1.82, 2.24) is 9.78 Å². The lowest BCUT2D eigenvalue weighted by atomic mass is 10.2. The molecule has 3 nitrogen and oxygen atoms in total. The lowest BCUT2D eigenvalue weighted by Gasteiger charge is -2.07. The number of hydrogen-bond acceptors (Lipinski definition) is 2. The van der Waals surface area contributed by atoms with Crippen molar-refractivity contribution in [2.75, 3.05) is 0 Å². The average molecular weight is 192 g/mol. The predicted octanol–water partition coefficient (Wildman–Crippen LogP) is 1.50. The van der Waals surface area contributed by atoms with Crippen LogP contribution in [0.1, 0.15) is 5.56 Å². The largest absolute Gasteiger partial charge is 0.392 e. The molecular formula is C10H9FN2O. The first-order chi connectivity index (χ1) is 6.83. The van der Waals surface area contributed by atoms with Crippen LogP contribution in [-0.2, 0) is 6.61 Å². The molecule has 0 saturated heterocycles. The summed E-state index contributed by atoms with van der Waals surface area (Å²) in [6, 6.07) is 6.28. The lowest BCUT2D eigenvalue weighted by Crippen LogP contribution is -2.03. The SMILES string of the molecule is OCc1cccc(F)c1-n1cccn1. The van der Waals surface area contributed by atoms with Crippen LogP contribution in [0.2, 0.25) is 0 Å². The van der Waals surface area contributed by atoms with Crippen molar-refractivity contribution in [2.45, 2.75) is 6.61 Å². The molecule has 0 aliphatic rings. The number of aliphatic hydroxyl groups is 1. The maximum absolute atomic E-state index is 13.4. The van der Waals surface area contributed by atoms with Gasteiger partial charge in [0.15, 0.2) is 0 Å². The van der Waals surface area contributed by atoms with E-state index in [-0.39, 0.29) is 12.4 Å². The van der Waals surface area contributed by atoms with Gasteiger partial charge in [-0.25, -0.2) is 9.07 Å². The summed E-state index contributed by atoms with van der Waals surface area (Å²) in [5.74, 6) is -0.389. The molecule has 0 atom stereocenters. The molecule has 72 valence electrons. The molecule has 1 N–H and O–H groups in total. The van der Waals surface area contributed by atoms with Crippen LogP contribution in [0.15, 0.2) is 36.7 Å². The summed E-state index contributed by atoms with van der Waals surface area (Å²) in [5, 5.41) is 13.0. The Morgan fingerprint density at radius 2 is 2.21 bits per heavy atom. The van der Waals surface area contributed by atoms with Crippen LogP contribution in [0.3, 0.4) is 0 Å². The number of aromatic nitrogens is 2. The molecule has 0 unspecified atom stereocenters. The summed E-state index contributed by atoms with van der Waals surface area (Å²) >= 11 is 0. The Kier molecular flexibility index (Phi) is 2.28. The van der Waals surface area contributed by atoms with Crippen molar-refractivity contribution in [3.8, 4) is 5.69 Å². The number of rotatable bonds is 2. The highest BCUT2D eigenvalue weighted by atomic mass is 19.1. The number of benzene rings is 1. The predicted molar refractivity (Wildman–Crippen MR) is 49.4 cm³/mol. The molecule has 0 saturated carbocycles. The van der Waals surface area contributed by atoms with Crippen LogP contribution < -0.4 is 0 Å². The fraction of sp³-hybridized carbons (Fsp3) is 0.100. The quantitative estimate of drug-likeness (QED) is 0.783. The fourth-order valence-corrected chi connectivity index (χ4v) is 1.35. The third-order valence-electron chi connectivity index (χ3n) is 1.97. The minimum atomic E-state index is -0.389. The zero-order valence-corrected chi connectivity index (χ0v) is 7.39. The van der Waals surface area contributed by atoms with E-state index in [1.165, 1.54) is 10.7 Å². The van der Waals surface area contributed by atoms with Crippen LogP contribution in [0.5, 0.6) is 0 Å². The van der Waals surface area contributed by atoms with E-state index in [9.17, 15) is 4.39 Å². The highest BCUT2D eigenvalue weighted by Gasteiger charge is 2.09. The molecule has 0 bridgehead atoms. The highest BCUT2D eigenvalue weighted by molar-refractivity contribution is 5.41. The van der Waals surface area contributed by atoms with E-state index < -0.39 is 0 Å². The van der Waals surface area contributed by atoms with Gasteiger partial charge in [-0.3, -0.25) is 0 Å². The molecule has 2 rings (SSSR count). The maximum atomic E-state index is 13.4. The van der Waals surface area contributed by atoms with Crippen LogP contribution in [-0.4, -0.2) is 14.9 Å². The van der Waals surface area contributed by atoms with Gasteiger partial charge in [-0.05, 0) is 12.1 Å². The summed E-state index contributed by atoms with van der Waals surface area (Å²) < 4.78 is 14.8. The minimum Gasteiger partial charge on any atom is -0.392 e. The van der Waals surface area contributed by atoms with E-state index in [2.05, 4.69) is 5.10 Å². The van der Waals surface area contributed by atoms with Crippen LogP contribution >= 0.6 is 0 Å². The van der Waals surface area contributed by atoms with E-state index in [0.717, 1.165) is 0 Å². The first kappa shape index (κ1) is 8.90. The molecule has 1 aromatic carbocycles. The van der Waals surface area contributed by atoms with Gasteiger partial charge in [0.2, 0.25) is 0 Å². The van der Waals surface area contributed by atoms with E-state index in [0.29, 0.717) is 11.3 Å². The normalized spacial score (nSPS) is 10.4. The van der Waals surface area contributed by atoms with Crippen LogP contribution in [0.4, 0.5) is 4.39 Å². The zero-order valence-electron chi connectivity index (χ0n) is 7.39. The van der Waals surface area contributed by atoms with E-state index in [4.69, 9.17) is 5.11 Å². The van der Waals surface area contributed by atoms with E-state index >= 15 is 0 Å². The molecule has 1 aromatic heterocycles. The Bertz CT molecular complexity index is 426. The summed E-state index contributed by atoms with van der Waals surface area (Å²) in [4.78, 5) is 0. The second-order valence-electron chi connectivity index (χ2n) is 2.86. The maximum Gasteiger partial charge on any atom is 0.149 e. The number of halogens is 1. The van der Waals surface area contributed by atoms with E-state index in [1.807, 2.05) is 0 Å². The smallest absolute Gasteiger partial charge is 0.149 e. The monoisotopic (exact) mass is 192 g/mol. The summed E-state index contributed by atoms with van der Waals surface area (Å²) in [7, 11) is 0. The molecule has 0 spiro atoms. The first-order valence-corrected chi connectivity index (χ1v) is 4.21. The van der Waals surface area contributed by atoms with Gasteiger partial charge >= 0.3 is 0 Å². The number of nitrogens with zero attached hydrogens (tertiary/aromatic N) is 2. The first-order valence-electron chi connectivity index (χ1n) is 4.21. The van der Waals surface area contributed by atoms with Gasteiger partial charge in [-0.1, -0.05) is 12.1 Å². The minimum absolute atomic E-state index is 0.201. The second kappa shape index (κ2) is 3.59. The van der Waals surface area contributed by atoms with Gasteiger partial charge in [0.25, 0.3) is 0 Å². The Labute approximate surface area is 80.4 Å². The second-order valence-corrected chi connectivity index (χ2v) is 2.86. The molecule has 0 fully saturated rings. The Morgan fingerprint density at radius 3 is 2.86 bits per heavy atom. The topological polar surface area (TPSA) is 38.0 Å². The summed E-state index contributed by atoms with van der Waals surface area (Å²) in [5.41, 5.74) is 0.828. The standard InChI is InChI=1S/C10H9FN2O/c11-9-4-1-3-8(7-14)10(9)13-6-2-5-12-13/h1-6,14H,7H2. The number of hydrogen-bond donors (Lipinski definition) is 1. The average Bonchev–Trinajstić information content (AvgIpc) is 2.70. The Balaban J connectivity index is 2.61. The third-order valence-corrected chi connectivity index (χ3v) is 1.97. The molecule has 0 aliphatic heterocycles.